The van der Waals surface area contributed by atoms with E-state index >= 15 is 0 Å². The molecule has 8 aromatic carbocycles. The first-order valence-electron chi connectivity index (χ1n) is 20.2. The van der Waals surface area contributed by atoms with Gasteiger partial charge in [-0.2, -0.15) is 38.8 Å². The SMILES string of the molecule is COc1ccc(Nc2ccc3c(O)c(N=Nc4cc(OC)c(N=Nc5ccc(N=Nc6ccc7cc(S(=O)(=O)O)cc(S(=O)(=O)O)c7c6)c6ccc(S(=O)(=O)O)cc56)cc4OC)c(S(=O)(=O)O)cc3c2)cc1. The van der Waals surface area contributed by atoms with Gasteiger partial charge in [0, 0.05) is 45.1 Å². The van der Waals surface area contributed by atoms with Crippen LogP contribution in [0.15, 0.2) is 172 Å². The Kier molecular flexibility index (Phi) is 13.5. The zero-order valence-electron chi connectivity index (χ0n) is 37.1. The minimum Gasteiger partial charge on any atom is -0.505 e. The number of azo groups is 3. The van der Waals surface area contributed by atoms with Crippen molar-refractivity contribution in [1.82, 2.24) is 0 Å². The Morgan fingerprint density at radius 2 is 0.986 bits per heavy atom. The van der Waals surface area contributed by atoms with E-state index < -0.39 is 71.5 Å². The molecule has 0 fully saturated rings. The number of methoxy groups -OCH3 is 3. The highest BCUT2D eigenvalue weighted by Gasteiger charge is 2.24. The van der Waals surface area contributed by atoms with Crippen LogP contribution in [0.4, 0.5) is 45.5 Å². The number of anilines is 2. The Morgan fingerprint density at radius 1 is 0.417 bits per heavy atom. The predicted molar refractivity (Wildman–Crippen MR) is 261 cm³/mol. The zero-order chi connectivity index (χ0) is 51.9. The molecule has 8 aromatic rings. The number of nitrogens with one attached hydrogen (secondary N) is 1. The molecule has 27 heteroatoms. The molecule has 0 unspecified atom stereocenters. The van der Waals surface area contributed by atoms with Gasteiger partial charge < -0.3 is 24.6 Å². The van der Waals surface area contributed by atoms with Crippen molar-refractivity contribution in [2.45, 2.75) is 19.6 Å². The second kappa shape index (κ2) is 19.3. The van der Waals surface area contributed by atoms with Gasteiger partial charge in [0.15, 0.2) is 5.75 Å². The molecule has 0 saturated carbocycles. The topological polar surface area (TPSA) is 352 Å². The molecule has 0 aliphatic rings. The molecule has 0 aliphatic carbocycles. The molecular formula is C45H35N7O16S4. The maximum Gasteiger partial charge on any atom is 0.296 e. The van der Waals surface area contributed by atoms with Crippen LogP contribution in [-0.2, 0) is 40.5 Å². The lowest BCUT2D eigenvalue weighted by atomic mass is 10.1. The number of nitrogens with zero attached hydrogens (tertiary/aromatic N) is 6. The number of aromatic hydroxyl groups is 1. The Bertz CT molecular complexity index is 4100. The Hall–Kier alpha value is -8.02. The summed E-state index contributed by atoms with van der Waals surface area (Å²) in [6.07, 6.45) is 0. The van der Waals surface area contributed by atoms with E-state index in [4.69, 9.17) is 14.2 Å². The van der Waals surface area contributed by atoms with E-state index in [-0.39, 0.29) is 72.3 Å². The van der Waals surface area contributed by atoms with Crippen LogP contribution in [0.2, 0.25) is 0 Å². The molecule has 370 valence electrons. The van der Waals surface area contributed by atoms with Crippen molar-refractivity contribution in [3.05, 3.63) is 121 Å². The summed E-state index contributed by atoms with van der Waals surface area (Å²) >= 11 is 0. The molecule has 0 radical (unpaired) electrons. The van der Waals surface area contributed by atoms with E-state index in [0.717, 1.165) is 24.3 Å². The average molecular weight is 1060 g/mol. The highest BCUT2D eigenvalue weighted by molar-refractivity contribution is 7.87. The van der Waals surface area contributed by atoms with E-state index in [1.165, 1.54) is 75.9 Å². The van der Waals surface area contributed by atoms with E-state index in [1.807, 2.05) is 0 Å². The third-order valence-electron chi connectivity index (χ3n) is 10.7. The van der Waals surface area contributed by atoms with E-state index in [9.17, 15) is 57.0 Å². The van der Waals surface area contributed by atoms with Crippen LogP contribution in [0, 0.1) is 0 Å². The molecule has 0 heterocycles. The van der Waals surface area contributed by atoms with E-state index in [0.29, 0.717) is 23.2 Å². The summed E-state index contributed by atoms with van der Waals surface area (Å²) in [7, 11) is -15.5. The van der Waals surface area contributed by atoms with Gasteiger partial charge >= 0.3 is 0 Å². The van der Waals surface area contributed by atoms with Crippen molar-refractivity contribution in [3.63, 3.8) is 0 Å². The van der Waals surface area contributed by atoms with Gasteiger partial charge in [-0.05, 0) is 108 Å². The monoisotopic (exact) mass is 1060 g/mol. The number of hydrogen-bond acceptors (Lipinski definition) is 19. The molecule has 0 bridgehead atoms. The Balaban J connectivity index is 1.13. The highest BCUT2D eigenvalue weighted by Crippen LogP contribution is 2.46. The van der Waals surface area contributed by atoms with Crippen LogP contribution in [0.1, 0.15) is 0 Å². The van der Waals surface area contributed by atoms with Gasteiger partial charge in [-0.3, -0.25) is 18.2 Å². The van der Waals surface area contributed by atoms with Crippen LogP contribution in [-0.4, -0.2) is 78.3 Å². The fourth-order valence-electron chi connectivity index (χ4n) is 7.25. The third-order valence-corrected chi connectivity index (χ3v) is 14.1. The second-order valence-corrected chi connectivity index (χ2v) is 20.8. The molecule has 0 aromatic heterocycles. The lowest BCUT2D eigenvalue weighted by Gasteiger charge is -2.12. The first-order chi connectivity index (χ1) is 33.9. The summed E-state index contributed by atoms with van der Waals surface area (Å²) in [4.78, 5) is -2.89. The predicted octanol–water partition coefficient (Wildman–Crippen LogP) is 10.9. The Morgan fingerprint density at radius 3 is 1.58 bits per heavy atom. The number of rotatable bonds is 15. The number of fused-ring (bicyclic) bond motifs is 3. The molecule has 0 atom stereocenters. The van der Waals surface area contributed by atoms with Gasteiger partial charge in [0.2, 0.25) is 0 Å². The molecule has 72 heavy (non-hydrogen) atoms. The van der Waals surface area contributed by atoms with Crippen LogP contribution in [0.5, 0.6) is 23.0 Å². The average Bonchev–Trinajstić information content (AvgIpc) is 3.33. The summed E-state index contributed by atoms with van der Waals surface area (Å²) in [5.74, 6) is 0.0213. The van der Waals surface area contributed by atoms with Crippen LogP contribution in [0.25, 0.3) is 32.3 Å². The minimum atomic E-state index is -5.02. The van der Waals surface area contributed by atoms with E-state index in [2.05, 4.69) is 36.0 Å². The summed E-state index contributed by atoms with van der Waals surface area (Å²) < 4.78 is 154. The summed E-state index contributed by atoms with van der Waals surface area (Å²) in [5.41, 5.74) is 0.737. The second-order valence-electron chi connectivity index (χ2n) is 15.2. The molecule has 6 N–H and O–H groups in total. The Labute approximate surface area is 408 Å². The summed E-state index contributed by atoms with van der Waals surface area (Å²) in [5, 5.41) is 40.2. The lowest BCUT2D eigenvalue weighted by Crippen LogP contribution is -2.04. The van der Waals surface area contributed by atoms with Gasteiger partial charge in [-0.25, -0.2) is 0 Å². The van der Waals surface area contributed by atoms with Gasteiger partial charge in [-0.1, -0.05) is 12.1 Å². The normalized spacial score (nSPS) is 12.7. The summed E-state index contributed by atoms with van der Waals surface area (Å²) in [6.45, 7) is 0. The standard InChI is InChI=1S/C45H35N7O16S4/c1-66-29-9-6-26(7-10-29)46-27-8-12-32-25(16-27)18-43(72(63,64)65)44(45(32)53)52-51-39-23-40(67-2)38(22-41(39)68-3)50-49-37-15-14-36(33-13-11-30(20-35(33)37)69(54,55)56)48-47-28-5-4-24-17-31(70(57,58)59)21-42(34(24)19-28)71(60,61)62/h4-23,46,53H,1-3H3,(H,54,55,56)(H,57,58,59)(H,60,61,62)(H,63,64,65). The van der Waals surface area contributed by atoms with Gasteiger partial charge in [0.25, 0.3) is 40.5 Å². The minimum absolute atomic E-state index is 0.00756. The van der Waals surface area contributed by atoms with Gasteiger partial charge in [0.1, 0.15) is 44.1 Å². The lowest BCUT2D eigenvalue weighted by molar-refractivity contribution is 0.405. The first kappa shape index (κ1) is 50.4. The molecule has 0 aliphatic heterocycles. The van der Waals surface area contributed by atoms with Gasteiger partial charge in [0.05, 0.1) is 48.2 Å². The number of ether oxygens (including phenoxy) is 3. The smallest absolute Gasteiger partial charge is 0.296 e. The van der Waals surface area contributed by atoms with Crippen molar-refractivity contribution < 1.29 is 71.2 Å². The fraction of sp³-hybridized carbons (Fsp3) is 0.0667. The quantitative estimate of drug-likeness (QED) is 0.0410. The van der Waals surface area contributed by atoms with Crippen LogP contribution >= 0.6 is 0 Å². The van der Waals surface area contributed by atoms with Crippen LogP contribution < -0.4 is 19.5 Å². The molecule has 8 rings (SSSR count). The molecular weight excluding hydrogens is 1020 g/mol. The zero-order valence-corrected chi connectivity index (χ0v) is 40.4. The largest absolute Gasteiger partial charge is 0.505 e. The fourth-order valence-corrected chi connectivity index (χ4v) is 9.76. The number of hydrogen-bond donors (Lipinski definition) is 6. The summed E-state index contributed by atoms with van der Waals surface area (Å²) in [6, 6.07) is 27.2. The highest BCUT2D eigenvalue weighted by atomic mass is 32.2. The van der Waals surface area contributed by atoms with Crippen molar-refractivity contribution in [2.24, 2.45) is 30.7 Å². The van der Waals surface area contributed by atoms with Crippen molar-refractivity contribution in [1.29, 1.82) is 0 Å². The number of benzene rings is 8. The molecule has 23 nitrogen and oxygen atoms in total. The third kappa shape index (κ3) is 10.7. The van der Waals surface area contributed by atoms with Crippen LogP contribution in [0.3, 0.4) is 0 Å². The maximum absolute atomic E-state index is 12.7. The first-order valence-corrected chi connectivity index (χ1v) is 26.0. The molecule has 0 spiro atoms. The molecule has 0 amide bonds. The van der Waals surface area contributed by atoms with Crippen molar-refractivity contribution in [3.8, 4) is 23.0 Å². The molecule has 0 saturated heterocycles. The van der Waals surface area contributed by atoms with Crippen molar-refractivity contribution >= 4 is 118 Å². The van der Waals surface area contributed by atoms with E-state index in [1.54, 1.807) is 36.4 Å². The number of phenolic OH excluding ortho intramolecular Hbond substituents is 1. The van der Waals surface area contributed by atoms with Crippen molar-refractivity contribution in [2.75, 3.05) is 26.6 Å². The van der Waals surface area contributed by atoms with Gasteiger partial charge in [-0.15, -0.1) is 25.6 Å². The maximum atomic E-state index is 12.7. The number of phenols is 1.